The van der Waals surface area contributed by atoms with Gasteiger partial charge in [-0.15, -0.1) is 11.3 Å². The fourth-order valence-corrected chi connectivity index (χ4v) is 3.77. The number of hydrogen-bond acceptors (Lipinski definition) is 5. The van der Waals surface area contributed by atoms with Crippen molar-refractivity contribution in [2.75, 3.05) is 0 Å². The lowest BCUT2D eigenvalue weighted by atomic mass is 9.99. The van der Waals surface area contributed by atoms with Gasteiger partial charge in [-0.3, -0.25) is 4.79 Å². The van der Waals surface area contributed by atoms with Crippen molar-refractivity contribution >= 4 is 28.7 Å². The van der Waals surface area contributed by atoms with E-state index in [0.717, 1.165) is 16.9 Å². The fraction of sp³-hybridized carbons (Fsp3) is 0.0476. The Labute approximate surface area is 170 Å². The molecule has 28 heavy (non-hydrogen) atoms. The van der Waals surface area contributed by atoms with Crippen molar-refractivity contribution in [1.29, 1.82) is 5.26 Å². The summed E-state index contributed by atoms with van der Waals surface area (Å²) in [6, 6.07) is 16.5. The molecule has 0 saturated heterocycles. The second-order valence-electron chi connectivity index (χ2n) is 6.02. The number of halogens is 1. The average Bonchev–Trinajstić information content (AvgIpc) is 3.42. The van der Waals surface area contributed by atoms with Crippen LogP contribution in [0.2, 0.25) is 5.02 Å². The molecular formula is C21H13ClN4OS. The van der Waals surface area contributed by atoms with E-state index in [1.54, 1.807) is 36.8 Å². The minimum absolute atomic E-state index is 0.267. The Morgan fingerprint density at radius 2 is 1.89 bits per heavy atom. The topological polar surface area (TPSA) is 71.6 Å². The van der Waals surface area contributed by atoms with E-state index in [0.29, 0.717) is 15.6 Å². The molecule has 0 spiro atoms. The van der Waals surface area contributed by atoms with E-state index in [4.69, 9.17) is 11.6 Å². The summed E-state index contributed by atoms with van der Waals surface area (Å²) in [5.41, 5.74) is 2.97. The molecule has 1 atom stereocenters. The van der Waals surface area contributed by atoms with E-state index in [9.17, 15) is 10.1 Å². The van der Waals surface area contributed by atoms with E-state index in [-0.39, 0.29) is 5.78 Å². The second kappa shape index (κ2) is 7.77. The number of thiazole rings is 1. The first-order chi connectivity index (χ1) is 13.7. The van der Waals surface area contributed by atoms with Crippen LogP contribution in [0.1, 0.15) is 21.3 Å². The molecule has 0 fully saturated rings. The Hall–Kier alpha value is -3.27. The van der Waals surface area contributed by atoms with Crippen molar-refractivity contribution in [2.24, 2.45) is 0 Å². The van der Waals surface area contributed by atoms with Crippen molar-refractivity contribution in [3.63, 3.8) is 0 Å². The molecule has 2 aromatic heterocycles. The van der Waals surface area contributed by atoms with Crippen LogP contribution in [0.4, 0.5) is 0 Å². The lowest BCUT2D eigenvalue weighted by Gasteiger charge is -2.07. The molecule has 2 aromatic carbocycles. The quantitative estimate of drug-likeness (QED) is 0.432. The van der Waals surface area contributed by atoms with Crippen LogP contribution in [-0.4, -0.2) is 20.3 Å². The van der Waals surface area contributed by atoms with Gasteiger partial charge in [-0.25, -0.2) is 9.97 Å². The summed E-state index contributed by atoms with van der Waals surface area (Å²) in [6.07, 6.45) is 5.19. The molecule has 5 nitrogen and oxygen atoms in total. The first-order valence-electron chi connectivity index (χ1n) is 8.39. The smallest absolute Gasteiger partial charge is 0.186 e. The minimum atomic E-state index is -0.940. The Balaban J connectivity index is 1.58. The molecule has 7 heteroatoms. The summed E-state index contributed by atoms with van der Waals surface area (Å²) in [4.78, 5) is 21.4. The largest absolute Gasteiger partial charge is 0.306 e. The van der Waals surface area contributed by atoms with Gasteiger partial charge in [0.2, 0.25) is 0 Å². The Bertz CT molecular complexity index is 1140. The summed E-state index contributed by atoms with van der Waals surface area (Å²) in [5, 5.41) is 12.6. The third-order valence-electron chi connectivity index (χ3n) is 4.25. The molecule has 4 aromatic rings. The number of carbonyl (C=O) groups is 1. The Morgan fingerprint density at radius 3 is 2.54 bits per heavy atom. The van der Waals surface area contributed by atoms with Gasteiger partial charge >= 0.3 is 0 Å². The molecule has 0 aliphatic rings. The van der Waals surface area contributed by atoms with Gasteiger partial charge in [0, 0.05) is 39.6 Å². The summed E-state index contributed by atoms with van der Waals surface area (Å²) < 4.78 is 1.84. The molecule has 0 saturated carbocycles. The number of rotatable bonds is 5. The molecule has 0 aliphatic heterocycles. The first kappa shape index (κ1) is 18.1. The Kier molecular flexibility index (Phi) is 5.02. The van der Waals surface area contributed by atoms with Crippen LogP contribution in [0.3, 0.4) is 0 Å². The number of carbonyl (C=O) groups excluding carboxylic acids is 1. The summed E-state index contributed by atoms with van der Waals surface area (Å²) in [6.45, 7) is 0. The van der Waals surface area contributed by atoms with E-state index >= 15 is 0 Å². The maximum absolute atomic E-state index is 12.9. The maximum atomic E-state index is 12.9. The van der Waals surface area contributed by atoms with Gasteiger partial charge in [0.1, 0.15) is 5.01 Å². The summed E-state index contributed by atoms with van der Waals surface area (Å²) in [7, 11) is 0. The zero-order chi connectivity index (χ0) is 19.5. The van der Waals surface area contributed by atoms with Crippen LogP contribution in [0.5, 0.6) is 0 Å². The van der Waals surface area contributed by atoms with Gasteiger partial charge in [-0.1, -0.05) is 23.7 Å². The van der Waals surface area contributed by atoms with Gasteiger partial charge in [0.25, 0.3) is 0 Å². The number of hydrogen-bond donors (Lipinski definition) is 0. The lowest BCUT2D eigenvalue weighted by Crippen LogP contribution is -2.11. The number of ketones is 1. The highest BCUT2D eigenvalue weighted by molar-refractivity contribution is 7.10. The highest BCUT2D eigenvalue weighted by Gasteiger charge is 2.25. The Morgan fingerprint density at radius 1 is 1.14 bits per heavy atom. The van der Waals surface area contributed by atoms with Crippen LogP contribution < -0.4 is 0 Å². The number of aromatic nitrogens is 3. The fourth-order valence-electron chi connectivity index (χ4n) is 2.78. The van der Waals surface area contributed by atoms with Crippen LogP contribution >= 0.6 is 22.9 Å². The molecule has 4 rings (SSSR count). The molecule has 2 heterocycles. The van der Waals surface area contributed by atoms with Gasteiger partial charge in [0.05, 0.1) is 18.1 Å². The van der Waals surface area contributed by atoms with Crippen molar-refractivity contribution in [2.45, 2.75) is 5.92 Å². The van der Waals surface area contributed by atoms with Gasteiger partial charge in [0.15, 0.2) is 11.7 Å². The van der Waals surface area contributed by atoms with E-state index in [2.05, 4.69) is 16.0 Å². The highest BCUT2D eigenvalue weighted by atomic mass is 35.5. The van der Waals surface area contributed by atoms with Gasteiger partial charge < -0.3 is 4.57 Å². The minimum Gasteiger partial charge on any atom is -0.306 e. The predicted octanol–water partition coefficient (Wildman–Crippen LogP) is 5.14. The van der Waals surface area contributed by atoms with Crippen molar-refractivity contribution < 1.29 is 4.79 Å². The number of nitrogens with zero attached hydrogens (tertiary/aromatic N) is 4. The first-order valence-corrected chi connectivity index (χ1v) is 9.65. The van der Waals surface area contributed by atoms with Gasteiger partial charge in [-0.2, -0.15) is 5.26 Å². The number of Topliss-reactive ketones (excluding diaryl/α,β-unsaturated/α-hetero) is 1. The highest BCUT2D eigenvalue weighted by Crippen LogP contribution is 2.29. The summed E-state index contributed by atoms with van der Waals surface area (Å²) in [5.74, 6) is -1.21. The molecule has 0 N–H and O–H groups in total. The maximum Gasteiger partial charge on any atom is 0.186 e. The van der Waals surface area contributed by atoms with Crippen LogP contribution in [0.15, 0.2) is 72.6 Å². The number of nitriles is 1. The standard InChI is InChI=1S/C21H13ClN4OS/c22-16-5-1-14(2-6-16)19-12-28-21(25-19)18(11-23)20(27)15-3-7-17(8-4-15)26-10-9-24-13-26/h1-10,12-13,18H. The van der Waals surface area contributed by atoms with Crippen LogP contribution in [0.25, 0.3) is 16.9 Å². The van der Waals surface area contributed by atoms with Crippen molar-refractivity contribution in [1.82, 2.24) is 14.5 Å². The zero-order valence-corrected chi connectivity index (χ0v) is 16.1. The van der Waals surface area contributed by atoms with Crippen molar-refractivity contribution in [3.8, 4) is 23.0 Å². The lowest BCUT2D eigenvalue weighted by molar-refractivity contribution is 0.0979. The SMILES string of the molecule is N#CC(C(=O)c1ccc(-n2ccnc2)cc1)c1nc(-c2ccc(Cl)cc2)cs1. The van der Waals surface area contributed by atoms with E-state index < -0.39 is 5.92 Å². The molecule has 1 unspecified atom stereocenters. The predicted molar refractivity (Wildman–Crippen MR) is 109 cm³/mol. The monoisotopic (exact) mass is 404 g/mol. The third-order valence-corrected chi connectivity index (χ3v) is 5.42. The number of imidazole rings is 1. The van der Waals surface area contributed by atoms with E-state index in [1.165, 1.54) is 11.3 Å². The summed E-state index contributed by atoms with van der Waals surface area (Å²) >= 11 is 7.23. The second-order valence-corrected chi connectivity index (χ2v) is 7.35. The van der Waals surface area contributed by atoms with Gasteiger partial charge in [-0.05, 0) is 36.4 Å². The third kappa shape index (κ3) is 3.58. The molecule has 0 radical (unpaired) electrons. The zero-order valence-electron chi connectivity index (χ0n) is 14.5. The van der Waals surface area contributed by atoms with Crippen molar-refractivity contribution in [3.05, 3.63) is 88.2 Å². The van der Waals surface area contributed by atoms with Crippen LogP contribution in [0, 0.1) is 11.3 Å². The average molecular weight is 405 g/mol. The van der Waals surface area contributed by atoms with Crippen LogP contribution in [-0.2, 0) is 0 Å². The molecule has 0 amide bonds. The molecule has 136 valence electrons. The molecule has 0 aliphatic carbocycles. The molecule has 0 bridgehead atoms. The normalized spacial score (nSPS) is 11.7. The number of benzene rings is 2. The molecular weight excluding hydrogens is 392 g/mol. The van der Waals surface area contributed by atoms with E-state index in [1.807, 2.05) is 40.4 Å².